The topological polar surface area (TPSA) is 26.3 Å². The first-order valence-corrected chi connectivity index (χ1v) is 5.78. The Bertz CT molecular complexity index is 409. The summed E-state index contributed by atoms with van der Waals surface area (Å²) in [7, 11) is 0. The van der Waals surface area contributed by atoms with Gasteiger partial charge in [0.2, 0.25) is 0 Å². The molecule has 0 saturated heterocycles. The van der Waals surface area contributed by atoms with E-state index in [0.717, 1.165) is 6.07 Å². The number of ether oxygens (including phenoxy) is 1. The van der Waals surface area contributed by atoms with E-state index in [4.69, 9.17) is 0 Å². The van der Waals surface area contributed by atoms with Gasteiger partial charge in [0, 0.05) is 5.92 Å². The third kappa shape index (κ3) is 3.75. The lowest BCUT2D eigenvalue weighted by molar-refractivity contribution is -0.274. The normalized spacial score (nSPS) is 11.7. The predicted molar refractivity (Wildman–Crippen MR) is 61.5 cm³/mol. The van der Waals surface area contributed by atoms with Gasteiger partial charge in [0.05, 0.1) is 5.56 Å². The highest BCUT2D eigenvalue weighted by molar-refractivity contribution is 6.00. The fourth-order valence-electron chi connectivity index (χ4n) is 1.76. The Morgan fingerprint density at radius 3 is 2.28 bits per heavy atom. The third-order valence-electron chi connectivity index (χ3n) is 2.73. The molecule has 18 heavy (non-hydrogen) atoms. The van der Waals surface area contributed by atoms with Crippen LogP contribution >= 0.6 is 0 Å². The summed E-state index contributed by atoms with van der Waals surface area (Å²) in [6.45, 7) is 3.67. The standard InChI is InChI=1S/C13H15F3O2/c1-3-9(4-2)12(17)10-7-5-6-8-11(10)18-13(14,15)16/h5-9H,3-4H2,1-2H3. The van der Waals surface area contributed by atoms with E-state index < -0.39 is 12.1 Å². The molecular weight excluding hydrogens is 245 g/mol. The Labute approximate surface area is 104 Å². The lowest BCUT2D eigenvalue weighted by Crippen LogP contribution is -2.21. The van der Waals surface area contributed by atoms with E-state index in [1.165, 1.54) is 18.2 Å². The zero-order valence-corrected chi connectivity index (χ0v) is 10.3. The van der Waals surface area contributed by atoms with Crippen LogP contribution in [0.5, 0.6) is 5.75 Å². The molecule has 0 aliphatic heterocycles. The van der Waals surface area contributed by atoms with E-state index in [1.807, 2.05) is 13.8 Å². The van der Waals surface area contributed by atoms with Crippen LogP contribution in [0.3, 0.4) is 0 Å². The number of Topliss-reactive ketones (excluding diaryl/α,β-unsaturated/α-hetero) is 1. The first-order valence-electron chi connectivity index (χ1n) is 5.78. The molecule has 0 spiro atoms. The summed E-state index contributed by atoms with van der Waals surface area (Å²) in [5, 5.41) is 0. The van der Waals surface area contributed by atoms with Gasteiger partial charge >= 0.3 is 6.36 Å². The molecule has 0 amide bonds. The Morgan fingerprint density at radius 2 is 1.78 bits per heavy atom. The van der Waals surface area contributed by atoms with Gasteiger partial charge in [-0.25, -0.2) is 0 Å². The maximum absolute atomic E-state index is 12.2. The number of benzene rings is 1. The number of carbonyl (C=O) groups is 1. The van der Waals surface area contributed by atoms with Crippen LogP contribution in [0.4, 0.5) is 13.2 Å². The largest absolute Gasteiger partial charge is 0.573 e. The average molecular weight is 260 g/mol. The molecule has 0 aliphatic carbocycles. The van der Waals surface area contributed by atoms with Gasteiger partial charge in [-0.2, -0.15) is 0 Å². The van der Waals surface area contributed by atoms with Crippen molar-refractivity contribution in [1.29, 1.82) is 0 Å². The van der Waals surface area contributed by atoms with Gasteiger partial charge in [0.1, 0.15) is 5.75 Å². The van der Waals surface area contributed by atoms with Crippen LogP contribution in [0.1, 0.15) is 37.0 Å². The Balaban J connectivity index is 3.05. The first kappa shape index (κ1) is 14.5. The van der Waals surface area contributed by atoms with Gasteiger partial charge in [0.15, 0.2) is 5.78 Å². The quantitative estimate of drug-likeness (QED) is 0.741. The van der Waals surface area contributed by atoms with Crippen molar-refractivity contribution in [3.8, 4) is 5.75 Å². The van der Waals surface area contributed by atoms with Crippen LogP contribution in [-0.4, -0.2) is 12.1 Å². The van der Waals surface area contributed by atoms with Crippen LogP contribution in [0.15, 0.2) is 24.3 Å². The Kier molecular flexibility index (Phi) is 4.76. The maximum atomic E-state index is 12.2. The number of carbonyl (C=O) groups excluding carboxylic acids is 1. The highest BCUT2D eigenvalue weighted by Crippen LogP contribution is 2.29. The smallest absolute Gasteiger partial charge is 0.405 e. The minimum absolute atomic E-state index is 0.0106. The Morgan fingerprint density at radius 1 is 1.22 bits per heavy atom. The van der Waals surface area contributed by atoms with E-state index in [-0.39, 0.29) is 17.3 Å². The molecule has 0 fully saturated rings. The summed E-state index contributed by atoms with van der Waals surface area (Å²) in [6.07, 6.45) is -3.60. The number of ketones is 1. The fraction of sp³-hybridized carbons (Fsp3) is 0.462. The number of hydrogen-bond donors (Lipinski definition) is 0. The molecular formula is C13H15F3O2. The number of para-hydroxylation sites is 1. The van der Waals surface area contributed by atoms with Crippen molar-refractivity contribution in [3.05, 3.63) is 29.8 Å². The van der Waals surface area contributed by atoms with E-state index in [1.54, 1.807) is 0 Å². The molecule has 0 unspecified atom stereocenters. The molecule has 1 rings (SSSR count). The zero-order valence-electron chi connectivity index (χ0n) is 10.3. The molecule has 1 aromatic rings. The molecule has 0 atom stereocenters. The second-order valence-corrected chi connectivity index (χ2v) is 3.92. The van der Waals surface area contributed by atoms with Gasteiger partial charge in [-0.15, -0.1) is 13.2 Å². The van der Waals surface area contributed by atoms with Crippen molar-refractivity contribution >= 4 is 5.78 Å². The summed E-state index contributed by atoms with van der Waals surface area (Å²) in [5.74, 6) is -1.01. The highest BCUT2D eigenvalue weighted by Gasteiger charge is 2.33. The molecule has 0 heterocycles. The van der Waals surface area contributed by atoms with E-state index in [9.17, 15) is 18.0 Å². The second-order valence-electron chi connectivity index (χ2n) is 3.92. The van der Waals surface area contributed by atoms with Crippen LogP contribution in [0.2, 0.25) is 0 Å². The number of halogens is 3. The third-order valence-corrected chi connectivity index (χ3v) is 2.73. The molecule has 5 heteroatoms. The zero-order chi connectivity index (χ0) is 13.8. The first-order chi connectivity index (χ1) is 8.39. The molecule has 0 radical (unpaired) electrons. The van der Waals surface area contributed by atoms with Gasteiger partial charge in [-0.1, -0.05) is 26.0 Å². The summed E-state index contributed by atoms with van der Waals surface area (Å²) < 4.78 is 40.5. The minimum atomic E-state index is -4.79. The SMILES string of the molecule is CCC(CC)C(=O)c1ccccc1OC(F)(F)F. The lowest BCUT2D eigenvalue weighted by Gasteiger charge is -2.15. The highest BCUT2D eigenvalue weighted by atomic mass is 19.4. The van der Waals surface area contributed by atoms with E-state index >= 15 is 0 Å². The summed E-state index contributed by atoms with van der Waals surface area (Å²) >= 11 is 0. The van der Waals surface area contributed by atoms with Gasteiger partial charge in [-0.05, 0) is 25.0 Å². The van der Waals surface area contributed by atoms with E-state index in [0.29, 0.717) is 12.8 Å². The van der Waals surface area contributed by atoms with Gasteiger partial charge in [-0.3, -0.25) is 4.79 Å². The molecule has 0 aromatic heterocycles. The Hall–Kier alpha value is -1.52. The van der Waals surface area contributed by atoms with Gasteiger partial charge in [0.25, 0.3) is 0 Å². The molecule has 0 N–H and O–H groups in total. The van der Waals surface area contributed by atoms with Crippen molar-refractivity contribution in [1.82, 2.24) is 0 Å². The van der Waals surface area contributed by atoms with Crippen molar-refractivity contribution in [2.24, 2.45) is 5.92 Å². The van der Waals surface area contributed by atoms with Crippen LogP contribution in [0.25, 0.3) is 0 Å². The van der Waals surface area contributed by atoms with E-state index in [2.05, 4.69) is 4.74 Å². The minimum Gasteiger partial charge on any atom is -0.405 e. The summed E-state index contributed by atoms with van der Waals surface area (Å²) in [5.41, 5.74) is -0.0106. The summed E-state index contributed by atoms with van der Waals surface area (Å²) in [6, 6.07) is 5.45. The van der Waals surface area contributed by atoms with Crippen LogP contribution < -0.4 is 4.74 Å². The monoisotopic (exact) mass is 260 g/mol. The molecule has 2 nitrogen and oxygen atoms in total. The predicted octanol–water partition coefficient (Wildman–Crippen LogP) is 4.20. The van der Waals surface area contributed by atoms with Crippen molar-refractivity contribution in [2.75, 3.05) is 0 Å². The summed E-state index contributed by atoms with van der Waals surface area (Å²) in [4.78, 5) is 12.1. The number of alkyl halides is 3. The lowest BCUT2D eigenvalue weighted by atomic mass is 9.92. The molecule has 100 valence electrons. The van der Waals surface area contributed by atoms with Crippen LogP contribution in [-0.2, 0) is 0 Å². The van der Waals surface area contributed by atoms with Crippen molar-refractivity contribution in [3.63, 3.8) is 0 Å². The van der Waals surface area contributed by atoms with Crippen molar-refractivity contribution < 1.29 is 22.7 Å². The maximum Gasteiger partial charge on any atom is 0.573 e. The second kappa shape index (κ2) is 5.89. The van der Waals surface area contributed by atoms with Crippen molar-refractivity contribution in [2.45, 2.75) is 33.1 Å². The molecule has 1 aromatic carbocycles. The number of hydrogen-bond acceptors (Lipinski definition) is 2. The van der Waals surface area contributed by atoms with Gasteiger partial charge < -0.3 is 4.74 Å². The molecule has 0 bridgehead atoms. The molecule has 0 aliphatic rings. The fourth-order valence-corrected chi connectivity index (χ4v) is 1.76. The number of rotatable bonds is 5. The van der Waals surface area contributed by atoms with Crippen LogP contribution in [0, 0.1) is 5.92 Å². The average Bonchev–Trinajstić information content (AvgIpc) is 2.29. The molecule has 0 saturated carbocycles.